The lowest BCUT2D eigenvalue weighted by molar-refractivity contribution is -0.139. The fraction of sp³-hybridized carbons (Fsp3) is 0.208. The van der Waals surface area contributed by atoms with E-state index in [2.05, 4.69) is 20.9 Å². The molecular formula is C24H24Cl2N4O3. The highest BCUT2D eigenvalue weighted by molar-refractivity contribution is 6.39. The fourth-order valence-electron chi connectivity index (χ4n) is 3.15. The number of rotatable bonds is 11. The molecule has 1 heterocycles. The highest BCUT2D eigenvalue weighted by Gasteiger charge is 2.23. The van der Waals surface area contributed by atoms with E-state index in [0.29, 0.717) is 6.54 Å². The van der Waals surface area contributed by atoms with Crippen LogP contribution in [0.4, 0.5) is 5.82 Å². The number of nitrogens with one attached hydrogen (secondary N) is 3. The lowest BCUT2D eigenvalue weighted by Crippen LogP contribution is -2.42. The van der Waals surface area contributed by atoms with Crippen molar-refractivity contribution in [2.45, 2.75) is 19.0 Å². The van der Waals surface area contributed by atoms with Gasteiger partial charge in [0.25, 0.3) is 5.91 Å². The molecule has 172 valence electrons. The minimum Gasteiger partial charge on any atom is -0.480 e. The third-order valence-corrected chi connectivity index (χ3v) is 5.49. The second-order valence-corrected chi connectivity index (χ2v) is 8.11. The highest BCUT2D eigenvalue weighted by Crippen LogP contribution is 2.24. The summed E-state index contributed by atoms with van der Waals surface area (Å²) < 4.78 is 0. The number of aliphatic carboxylic acids is 1. The first-order chi connectivity index (χ1) is 15.9. The molecule has 1 atom stereocenters. The third-order valence-electron chi connectivity index (χ3n) is 4.86. The van der Waals surface area contributed by atoms with Crippen molar-refractivity contribution in [2.75, 3.05) is 18.4 Å². The Morgan fingerprint density at radius 1 is 0.909 bits per heavy atom. The van der Waals surface area contributed by atoms with Gasteiger partial charge in [0.2, 0.25) is 0 Å². The Morgan fingerprint density at radius 3 is 2.24 bits per heavy atom. The molecule has 0 fully saturated rings. The van der Waals surface area contributed by atoms with Gasteiger partial charge in [-0.25, -0.2) is 9.78 Å². The van der Waals surface area contributed by atoms with Crippen molar-refractivity contribution in [3.05, 3.63) is 93.6 Å². The minimum atomic E-state index is -1.14. The summed E-state index contributed by atoms with van der Waals surface area (Å²) in [7, 11) is 0. The smallest absolute Gasteiger partial charge is 0.326 e. The number of hydrogen-bond donors (Lipinski definition) is 4. The zero-order valence-corrected chi connectivity index (χ0v) is 19.2. The Bertz CT molecular complexity index is 1060. The van der Waals surface area contributed by atoms with E-state index in [1.165, 1.54) is 12.1 Å². The van der Waals surface area contributed by atoms with E-state index in [-0.39, 0.29) is 22.0 Å². The van der Waals surface area contributed by atoms with Gasteiger partial charge < -0.3 is 21.1 Å². The van der Waals surface area contributed by atoms with Crippen LogP contribution in [0.2, 0.25) is 10.0 Å². The van der Waals surface area contributed by atoms with Gasteiger partial charge in [0.15, 0.2) is 0 Å². The van der Waals surface area contributed by atoms with E-state index in [1.807, 2.05) is 42.5 Å². The Morgan fingerprint density at radius 2 is 1.61 bits per heavy atom. The second kappa shape index (κ2) is 12.2. The van der Waals surface area contributed by atoms with Crippen LogP contribution in [0.5, 0.6) is 0 Å². The number of amides is 1. The normalized spacial score (nSPS) is 11.6. The number of pyridine rings is 1. The number of halogens is 2. The fourth-order valence-corrected chi connectivity index (χ4v) is 3.72. The average molecular weight is 487 g/mol. The molecule has 0 aliphatic heterocycles. The lowest BCUT2D eigenvalue weighted by Gasteiger charge is -2.16. The molecule has 0 aliphatic rings. The first kappa shape index (κ1) is 24.5. The molecular weight excluding hydrogens is 463 g/mol. The molecule has 0 saturated carbocycles. The molecule has 33 heavy (non-hydrogen) atoms. The molecule has 1 aromatic heterocycles. The van der Waals surface area contributed by atoms with Crippen LogP contribution < -0.4 is 16.0 Å². The molecule has 3 aromatic rings. The molecule has 0 bridgehead atoms. The van der Waals surface area contributed by atoms with Crippen LogP contribution in [0.1, 0.15) is 21.5 Å². The van der Waals surface area contributed by atoms with Crippen molar-refractivity contribution in [3.63, 3.8) is 0 Å². The zero-order chi connectivity index (χ0) is 23.6. The van der Waals surface area contributed by atoms with Crippen LogP contribution in [0.3, 0.4) is 0 Å². The van der Waals surface area contributed by atoms with Gasteiger partial charge in [-0.15, -0.1) is 0 Å². The van der Waals surface area contributed by atoms with Crippen molar-refractivity contribution in [1.82, 2.24) is 15.6 Å². The molecule has 7 nitrogen and oxygen atoms in total. The number of hydrogen-bond acceptors (Lipinski definition) is 5. The number of carbonyl (C=O) groups excluding carboxylic acids is 1. The van der Waals surface area contributed by atoms with Crippen molar-refractivity contribution in [2.24, 2.45) is 0 Å². The van der Waals surface area contributed by atoms with Gasteiger partial charge in [0.05, 0.1) is 15.6 Å². The van der Waals surface area contributed by atoms with E-state index < -0.39 is 17.9 Å². The predicted octanol–water partition coefficient (Wildman–Crippen LogP) is 4.02. The molecule has 9 heteroatoms. The van der Waals surface area contributed by atoms with Crippen molar-refractivity contribution in [1.29, 1.82) is 0 Å². The molecule has 0 radical (unpaired) electrons. The van der Waals surface area contributed by atoms with Crippen LogP contribution in [-0.4, -0.2) is 41.1 Å². The van der Waals surface area contributed by atoms with Gasteiger partial charge in [0, 0.05) is 32.3 Å². The second-order valence-electron chi connectivity index (χ2n) is 7.30. The number of carbonyl (C=O) groups is 2. The summed E-state index contributed by atoms with van der Waals surface area (Å²) in [4.78, 5) is 28.5. The van der Waals surface area contributed by atoms with Crippen LogP contribution in [0, 0.1) is 0 Å². The number of carboxylic acids is 1. The van der Waals surface area contributed by atoms with Crippen LogP contribution in [0.25, 0.3) is 0 Å². The maximum atomic E-state index is 12.5. The quantitative estimate of drug-likeness (QED) is 0.305. The monoisotopic (exact) mass is 486 g/mol. The minimum absolute atomic E-state index is 0.0611. The van der Waals surface area contributed by atoms with E-state index in [4.69, 9.17) is 23.2 Å². The van der Waals surface area contributed by atoms with Gasteiger partial charge in [-0.3, -0.25) is 4.79 Å². The predicted molar refractivity (Wildman–Crippen MR) is 130 cm³/mol. The summed E-state index contributed by atoms with van der Waals surface area (Å²) in [6, 6.07) is 16.8. The van der Waals surface area contributed by atoms with Gasteiger partial charge >= 0.3 is 5.97 Å². The molecule has 0 aliphatic carbocycles. The Hall–Kier alpha value is -3.13. The Kier molecular flexibility index (Phi) is 9.06. The van der Waals surface area contributed by atoms with E-state index in [9.17, 15) is 14.7 Å². The van der Waals surface area contributed by atoms with Gasteiger partial charge in [0.1, 0.15) is 11.9 Å². The standard InChI is InChI=1S/C24H24Cl2N4O3/c25-18-4-3-5-19(26)22(18)23(31)30-20(24(32)33)14-16-7-9-17(10-8-16)15-27-12-13-29-21-6-1-2-11-28-21/h1-11,20,27H,12-15H2,(H,28,29)(H,30,31)(H,32,33)/t20-/m0/s1. The highest BCUT2D eigenvalue weighted by atomic mass is 35.5. The summed E-state index contributed by atoms with van der Waals surface area (Å²) in [5, 5.41) is 19.0. The first-order valence-corrected chi connectivity index (χ1v) is 11.1. The molecule has 0 unspecified atom stereocenters. The van der Waals surface area contributed by atoms with Gasteiger partial charge in [-0.2, -0.15) is 0 Å². The van der Waals surface area contributed by atoms with E-state index in [0.717, 1.165) is 30.0 Å². The number of benzene rings is 2. The van der Waals surface area contributed by atoms with Gasteiger partial charge in [-0.1, -0.05) is 59.6 Å². The van der Waals surface area contributed by atoms with Crippen molar-refractivity contribution < 1.29 is 14.7 Å². The van der Waals surface area contributed by atoms with Crippen molar-refractivity contribution in [3.8, 4) is 0 Å². The number of aromatic nitrogens is 1. The van der Waals surface area contributed by atoms with Crippen LogP contribution in [-0.2, 0) is 17.8 Å². The van der Waals surface area contributed by atoms with Crippen LogP contribution in [0.15, 0.2) is 66.9 Å². The Balaban J connectivity index is 1.49. The van der Waals surface area contributed by atoms with Crippen molar-refractivity contribution >= 4 is 40.9 Å². The average Bonchev–Trinajstić information content (AvgIpc) is 2.80. The first-order valence-electron chi connectivity index (χ1n) is 10.3. The summed E-state index contributed by atoms with van der Waals surface area (Å²) in [5.74, 6) is -0.934. The summed E-state index contributed by atoms with van der Waals surface area (Å²) >= 11 is 12.1. The topological polar surface area (TPSA) is 103 Å². The molecule has 0 spiro atoms. The summed E-state index contributed by atoms with van der Waals surface area (Å²) in [6.07, 6.45) is 1.87. The molecule has 3 rings (SSSR count). The summed E-state index contributed by atoms with van der Waals surface area (Å²) in [5.41, 5.74) is 1.91. The third kappa shape index (κ3) is 7.46. The molecule has 1 amide bonds. The molecule has 4 N–H and O–H groups in total. The molecule has 2 aromatic carbocycles. The molecule has 0 saturated heterocycles. The Labute approximate surface area is 202 Å². The maximum Gasteiger partial charge on any atom is 0.326 e. The SMILES string of the molecule is O=C(N[C@@H](Cc1ccc(CNCCNc2ccccn2)cc1)C(=O)O)c1c(Cl)cccc1Cl. The van der Waals surface area contributed by atoms with E-state index >= 15 is 0 Å². The maximum absolute atomic E-state index is 12.5. The number of anilines is 1. The number of carboxylic acid groups (broad SMARTS) is 1. The largest absolute Gasteiger partial charge is 0.480 e. The van der Waals surface area contributed by atoms with Gasteiger partial charge in [-0.05, 0) is 35.4 Å². The van der Waals surface area contributed by atoms with E-state index in [1.54, 1.807) is 12.3 Å². The van der Waals surface area contributed by atoms with Crippen LogP contribution >= 0.6 is 23.2 Å². The summed E-state index contributed by atoms with van der Waals surface area (Å²) in [6.45, 7) is 2.18. The number of nitrogens with zero attached hydrogens (tertiary/aromatic N) is 1. The zero-order valence-electron chi connectivity index (χ0n) is 17.7. The lowest BCUT2D eigenvalue weighted by atomic mass is 10.0.